The summed E-state index contributed by atoms with van der Waals surface area (Å²) in [7, 11) is 0.0589. The molecule has 1 aliphatic rings. The van der Waals surface area contributed by atoms with Gasteiger partial charge in [-0.05, 0) is 32.9 Å². The van der Waals surface area contributed by atoms with E-state index in [0.717, 1.165) is 0 Å². The van der Waals surface area contributed by atoms with Gasteiger partial charge in [-0.25, -0.2) is 0 Å². The maximum absolute atomic E-state index is 12.4. The molecule has 1 amide bonds. The van der Waals surface area contributed by atoms with Crippen molar-refractivity contribution in [3.05, 3.63) is 29.8 Å². The number of fused-ring (bicyclic) bond motifs is 1. The van der Waals surface area contributed by atoms with E-state index in [0.29, 0.717) is 11.3 Å². The van der Waals surface area contributed by atoms with Crippen LogP contribution in [0.2, 0.25) is 0 Å². The Morgan fingerprint density at radius 3 is 2.32 bits per heavy atom. The molecule has 1 aromatic rings. The number of hydrogen-bond donors (Lipinski definition) is 0. The lowest BCUT2D eigenvalue weighted by Crippen LogP contribution is -2.51. The first-order valence-corrected chi connectivity index (χ1v) is 7.28. The quantitative estimate of drug-likeness (QED) is 0.736. The molecule has 19 heavy (non-hydrogen) atoms. The summed E-state index contributed by atoms with van der Waals surface area (Å²) in [5.41, 5.74) is 1.05. The van der Waals surface area contributed by atoms with Crippen molar-refractivity contribution in [2.75, 3.05) is 11.9 Å². The molecular weight excluding hydrogens is 262 g/mol. The fourth-order valence-corrected chi connectivity index (χ4v) is 3.43. The number of carbonyl (C=O) groups excluding carboxylic acids is 2. The Bertz CT molecular complexity index is 574. The molecule has 0 aromatic heterocycles. The van der Waals surface area contributed by atoms with Crippen LogP contribution in [0, 0.1) is 0 Å². The van der Waals surface area contributed by atoms with E-state index in [1.807, 2.05) is 0 Å². The van der Waals surface area contributed by atoms with Gasteiger partial charge in [0.25, 0.3) is 5.91 Å². The van der Waals surface area contributed by atoms with E-state index < -0.39 is 26.7 Å². The zero-order valence-electron chi connectivity index (χ0n) is 11.5. The van der Waals surface area contributed by atoms with Crippen molar-refractivity contribution in [2.24, 2.45) is 0 Å². The molecular formula is C14H17NO3S. The van der Waals surface area contributed by atoms with E-state index in [1.54, 1.807) is 52.1 Å². The van der Waals surface area contributed by atoms with Gasteiger partial charge in [0.05, 0.1) is 5.69 Å². The minimum absolute atomic E-state index is 0.341. The monoisotopic (exact) mass is 279 g/mol. The Morgan fingerprint density at radius 2 is 1.74 bits per heavy atom. The molecule has 102 valence electrons. The molecule has 2 unspecified atom stereocenters. The van der Waals surface area contributed by atoms with Crippen LogP contribution in [0.3, 0.4) is 0 Å². The minimum Gasteiger partial charge on any atom is -0.313 e. The van der Waals surface area contributed by atoms with Crippen molar-refractivity contribution in [3.8, 4) is 0 Å². The third-order valence-electron chi connectivity index (χ3n) is 3.14. The van der Waals surface area contributed by atoms with Crippen LogP contribution in [-0.2, 0) is 15.6 Å². The molecule has 4 nitrogen and oxygen atoms in total. The molecule has 1 aromatic carbocycles. The summed E-state index contributed by atoms with van der Waals surface area (Å²) in [6.07, 6.45) is 0. The van der Waals surface area contributed by atoms with E-state index in [2.05, 4.69) is 0 Å². The van der Waals surface area contributed by atoms with Crippen molar-refractivity contribution in [2.45, 2.75) is 30.8 Å². The van der Waals surface area contributed by atoms with Crippen LogP contribution < -0.4 is 4.90 Å². The van der Waals surface area contributed by atoms with Crippen molar-refractivity contribution >= 4 is 28.2 Å². The lowest BCUT2D eigenvalue weighted by Gasteiger charge is -2.32. The van der Waals surface area contributed by atoms with Gasteiger partial charge < -0.3 is 4.90 Å². The van der Waals surface area contributed by atoms with Crippen LogP contribution in [0.25, 0.3) is 0 Å². The van der Waals surface area contributed by atoms with E-state index >= 15 is 0 Å². The number of carbonyl (C=O) groups is 2. The summed E-state index contributed by atoms with van der Waals surface area (Å²) >= 11 is 0. The van der Waals surface area contributed by atoms with Gasteiger partial charge in [0.15, 0.2) is 11.0 Å². The highest BCUT2D eigenvalue weighted by Crippen LogP contribution is 2.31. The Balaban J connectivity index is 2.53. The number of para-hydroxylation sites is 1. The highest BCUT2D eigenvalue weighted by molar-refractivity contribution is 7.88. The molecule has 1 heterocycles. The SMILES string of the molecule is CN1C(=O)C(S(=O)C(C)(C)C)C(=O)c2ccccc21. The number of hydrogen-bond acceptors (Lipinski definition) is 3. The number of benzene rings is 1. The van der Waals surface area contributed by atoms with E-state index in [-0.39, 0.29) is 5.78 Å². The second-order valence-corrected chi connectivity index (χ2v) is 7.86. The Labute approximate surface area is 115 Å². The van der Waals surface area contributed by atoms with E-state index in [4.69, 9.17) is 0 Å². The number of anilines is 1. The number of rotatable bonds is 1. The molecule has 2 rings (SSSR count). The molecule has 0 fully saturated rings. The number of ketones is 1. The summed E-state index contributed by atoms with van der Waals surface area (Å²) in [6.45, 7) is 5.30. The van der Waals surface area contributed by atoms with Gasteiger partial charge in [0.2, 0.25) is 0 Å². The van der Waals surface area contributed by atoms with Crippen LogP contribution in [-0.4, -0.2) is 32.9 Å². The molecule has 0 saturated heterocycles. The summed E-state index contributed by atoms with van der Waals surface area (Å²) in [5.74, 6) is -0.732. The summed E-state index contributed by atoms with van der Waals surface area (Å²) in [5, 5.41) is -1.10. The smallest absolute Gasteiger partial charge is 0.250 e. The maximum Gasteiger partial charge on any atom is 0.250 e. The predicted molar refractivity (Wildman–Crippen MR) is 75.9 cm³/mol. The highest BCUT2D eigenvalue weighted by Gasteiger charge is 2.44. The predicted octanol–water partition coefficient (Wildman–Crippen LogP) is 1.76. The molecule has 2 atom stereocenters. The first-order chi connectivity index (χ1) is 8.75. The Kier molecular flexibility index (Phi) is 3.34. The number of nitrogens with zero attached hydrogens (tertiary/aromatic N) is 1. The highest BCUT2D eigenvalue weighted by atomic mass is 32.2. The molecule has 5 heteroatoms. The summed E-state index contributed by atoms with van der Waals surface area (Å²) in [6, 6.07) is 6.92. The zero-order valence-corrected chi connectivity index (χ0v) is 12.3. The van der Waals surface area contributed by atoms with Gasteiger partial charge in [0, 0.05) is 28.2 Å². The van der Waals surface area contributed by atoms with Gasteiger partial charge in [-0.15, -0.1) is 0 Å². The molecule has 0 bridgehead atoms. The van der Waals surface area contributed by atoms with Gasteiger partial charge in [-0.3, -0.25) is 13.8 Å². The molecule has 0 N–H and O–H groups in total. The third kappa shape index (κ3) is 2.23. The fourth-order valence-electron chi connectivity index (χ4n) is 2.06. The van der Waals surface area contributed by atoms with E-state index in [1.165, 1.54) is 4.90 Å². The van der Waals surface area contributed by atoms with Crippen molar-refractivity contribution in [3.63, 3.8) is 0 Å². The molecule has 0 saturated carbocycles. The lowest BCUT2D eigenvalue weighted by molar-refractivity contribution is -0.117. The van der Waals surface area contributed by atoms with Crippen LogP contribution in [0.1, 0.15) is 31.1 Å². The number of amides is 1. The topological polar surface area (TPSA) is 54.5 Å². The average Bonchev–Trinajstić information content (AvgIpc) is 2.35. The van der Waals surface area contributed by atoms with Crippen LogP contribution in [0.5, 0.6) is 0 Å². The standard InChI is InChI=1S/C14H17NO3S/c1-14(2,3)19(18)12-11(16)9-7-5-6-8-10(9)15(4)13(12)17/h5-8,12H,1-4H3. The van der Waals surface area contributed by atoms with Gasteiger partial charge >= 0.3 is 0 Å². The molecule has 0 aliphatic carbocycles. The van der Waals surface area contributed by atoms with Crippen molar-refractivity contribution in [1.29, 1.82) is 0 Å². The normalized spacial score (nSPS) is 21.3. The molecule has 0 radical (unpaired) electrons. The fraction of sp³-hybridized carbons (Fsp3) is 0.429. The largest absolute Gasteiger partial charge is 0.313 e. The average molecular weight is 279 g/mol. The van der Waals surface area contributed by atoms with Crippen LogP contribution in [0.4, 0.5) is 5.69 Å². The Hall–Kier alpha value is -1.49. The van der Waals surface area contributed by atoms with Gasteiger partial charge in [-0.1, -0.05) is 12.1 Å². The number of Topliss-reactive ketones (excluding diaryl/α,β-unsaturated/α-hetero) is 1. The van der Waals surface area contributed by atoms with Gasteiger partial charge in [-0.2, -0.15) is 0 Å². The summed E-state index contributed by atoms with van der Waals surface area (Å²) in [4.78, 5) is 26.1. The molecule has 1 aliphatic heterocycles. The van der Waals surface area contributed by atoms with Crippen LogP contribution >= 0.6 is 0 Å². The van der Waals surface area contributed by atoms with E-state index in [9.17, 15) is 13.8 Å². The summed E-state index contributed by atoms with van der Waals surface area (Å²) < 4.78 is 11.8. The van der Waals surface area contributed by atoms with Gasteiger partial charge in [0.1, 0.15) is 0 Å². The third-order valence-corrected chi connectivity index (χ3v) is 5.19. The molecule has 0 spiro atoms. The first kappa shape index (κ1) is 13.9. The van der Waals surface area contributed by atoms with Crippen LogP contribution in [0.15, 0.2) is 24.3 Å². The second-order valence-electron chi connectivity index (χ2n) is 5.57. The van der Waals surface area contributed by atoms with Crippen molar-refractivity contribution in [1.82, 2.24) is 0 Å². The first-order valence-electron chi connectivity index (χ1n) is 6.06. The maximum atomic E-state index is 12.4. The van der Waals surface area contributed by atoms with Crippen molar-refractivity contribution < 1.29 is 13.8 Å². The second kappa shape index (κ2) is 4.56. The zero-order chi connectivity index (χ0) is 14.4. The lowest BCUT2D eigenvalue weighted by atomic mass is 10.00. The minimum atomic E-state index is -1.55. The Morgan fingerprint density at radius 1 is 1.16 bits per heavy atom.